The first-order valence-corrected chi connectivity index (χ1v) is 8.19. The largest absolute Gasteiger partial charge is 0.388 e. The quantitative estimate of drug-likeness (QED) is 0.755. The van der Waals surface area contributed by atoms with Gasteiger partial charge in [0.05, 0.1) is 11.1 Å². The van der Waals surface area contributed by atoms with Gasteiger partial charge in [-0.3, -0.25) is 4.98 Å². The molecule has 104 valence electrons. The molecule has 0 aliphatic heterocycles. The molecule has 4 heteroatoms. The van der Waals surface area contributed by atoms with Crippen molar-refractivity contribution in [3.05, 3.63) is 61.9 Å². The standard InChI is InChI=1S/C16H15ClINO/c17-13-9-11(6-7-14(13)18)16(20)12-5-1-3-10-4-2-8-19-15(10)12/h2,4,6-9,12,16,20H,1,3,5H2. The van der Waals surface area contributed by atoms with Gasteiger partial charge in [0.2, 0.25) is 0 Å². The van der Waals surface area contributed by atoms with Gasteiger partial charge in [-0.05, 0) is 71.2 Å². The van der Waals surface area contributed by atoms with Crippen LogP contribution in [-0.4, -0.2) is 10.1 Å². The predicted molar refractivity (Wildman–Crippen MR) is 89.0 cm³/mol. The van der Waals surface area contributed by atoms with E-state index in [0.717, 1.165) is 34.1 Å². The van der Waals surface area contributed by atoms with Crippen molar-refractivity contribution in [2.24, 2.45) is 0 Å². The van der Waals surface area contributed by atoms with E-state index >= 15 is 0 Å². The van der Waals surface area contributed by atoms with Crippen LogP contribution in [0.1, 0.15) is 41.7 Å². The molecule has 2 unspecified atom stereocenters. The Hall–Kier alpha value is -0.650. The molecule has 0 bridgehead atoms. The number of hydrogen-bond acceptors (Lipinski definition) is 2. The molecule has 0 saturated heterocycles. The van der Waals surface area contributed by atoms with Crippen LogP contribution < -0.4 is 0 Å². The van der Waals surface area contributed by atoms with Crippen LogP contribution in [0.5, 0.6) is 0 Å². The van der Waals surface area contributed by atoms with E-state index < -0.39 is 6.10 Å². The Morgan fingerprint density at radius 1 is 1.35 bits per heavy atom. The van der Waals surface area contributed by atoms with Crippen molar-refractivity contribution in [3.63, 3.8) is 0 Å². The number of hydrogen-bond donors (Lipinski definition) is 1. The Labute approximate surface area is 137 Å². The van der Waals surface area contributed by atoms with Crippen LogP contribution in [0.25, 0.3) is 0 Å². The molecule has 0 spiro atoms. The minimum absolute atomic E-state index is 0.0658. The Morgan fingerprint density at radius 2 is 2.20 bits per heavy atom. The third-order valence-corrected chi connectivity index (χ3v) is 5.48. The summed E-state index contributed by atoms with van der Waals surface area (Å²) in [6, 6.07) is 9.85. The SMILES string of the molecule is OC(c1ccc(I)c(Cl)c1)C1CCCc2cccnc21. The summed E-state index contributed by atoms with van der Waals surface area (Å²) in [6.45, 7) is 0. The molecule has 1 aliphatic rings. The second-order valence-electron chi connectivity index (χ2n) is 5.16. The molecule has 2 aromatic rings. The van der Waals surface area contributed by atoms with E-state index in [1.54, 1.807) is 0 Å². The second-order valence-corrected chi connectivity index (χ2v) is 6.73. The smallest absolute Gasteiger partial charge is 0.0874 e. The lowest BCUT2D eigenvalue weighted by atomic mass is 9.81. The topological polar surface area (TPSA) is 33.1 Å². The number of halogens is 2. The van der Waals surface area contributed by atoms with Gasteiger partial charge in [-0.1, -0.05) is 23.7 Å². The number of nitrogens with zero attached hydrogens (tertiary/aromatic N) is 1. The summed E-state index contributed by atoms with van der Waals surface area (Å²) in [5, 5.41) is 11.4. The van der Waals surface area contributed by atoms with Crippen LogP contribution in [0.3, 0.4) is 0 Å². The van der Waals surface area contributed by atoms with E-state index in [4.69, 9.17) is 11.6 Å². The van der Waals surface area contributed by atoms with E-state index in [9.17, 15) is 5.11 Å². The zero-order valence-electron chi connectivity index (χ0n) is 10.9. The first kappa shape index (κ1) is 14.3. The highest BCUT2D eigenvalue weighted by atomic mass is 127. The van der Waals surface area contributed by atoms with Gasteiger partial charge in [-0.25, -0.2) is 0 Å². The summed E-state index contributed by atoms with van der Waals surface area (Å²) in [6.07, 6.45) is 4.39. The second kappa shape index (κ2) is 6.00. The first-order valence-electron chi connectivity index (χ1n) is 6.73. The fraction of sp³-hybridized carbons (Fsp3) is 0.312. The summed E-state index contributed by atoms with van der Waals surface area (Å²) in [7, 11) is 0. The average Bonchev–Trinajstić information content (AvgIpc) is 2.49. The maximum Gasteiger partial charge on any atom is 0.0874 e. The molecule has 20 heavy (non-hydrogen) atoms. The van der Waals surface area contributed by atoms with E-state index in [2.05, 4.69) is 33.6 Å². The lowest BCUT2D eigenvalue weighted by molar-refractivity contribution is 0.134. The van der Waals surface area contributed by atoms with Crippen LogP contribution in [0.4, 0.5) is 0 Å². The highest BCUT2D eigenvalue weighted by molar-refractivity contribution is 14.1. The molecule has 0 radical (unpaired) electrons. The number of benzene rings is 1. The molecule has 2 atom stereocenters. The van der Waals surface area contributed by atoms with E-state index in [0.29, 0.717) is 5.02 Å². The Bertz CT molecular complexity index is 632. The Balaban J connectivity index is 1.95. The van der Waals surface area contributed by atoms with Crippen molar-refractivity contribution in [2.75, 3.05) is 0 Å². The van der Waals surface area contributed by atoms with Gasteiger partial charge >= 0.3 is 0 Å². The van der Waals surface area contributed by atoms with Crippen molar-refractivity contribution in [3.8, 4) is 0 Å². The van der Waals surface area contributed by atoms with Gasteiger partial charge in [0, 0.05) is 21.4 Å². The number of aliphatic hydroxyl groups excluding tert-OH is 1. The zero-order valence-corrected chi connectivity index (χ0v) is 13.8. The molecule has 0 saturated carbocycles. The van der Waals surface area contributed by atoms with Gasteiger partial charge in [-0.2, -0.15) is 0 Å². The third kappa shape index (κ3) is 2.71. The summed E-state index contributed by atoms with van der Waals surface area (Å²) in [5.41, 5.74) is 3.18. The maximum atomic E-state index is 10.7. The molecule has 0 fully saturated rings. The van der Waals surface area contributed by atoms with Crippen molar-refractivity contribution in [1.82, 2.24) is 4.98 Å². The normalized spacial score (nSPS) is 19.4. The number of aliphatic hydroxyl groups is 1. The summed E-state index contributed by atoms with van der Waals surface area (Å²) >= 11 is 8.36. The van der Waals surface area contributed by atoms with Crippen molar-refractivity contribution in [1.29, 1.82) is 0 Å². The van der Waals surface area contributed by atoms with Crippen molar-refractivity contribution >= 4 is 34.2 Å². The Kier molecular flexibility index (Phi) is 4.29. The number of aryl methyl sites for hydroxylation is 1. The summed E-state index contributed by atoms with van der Waals surface area (Å²) < 4.78 is 1.00. The van der Waals surface area contributed by atoms with Crippen molar-refractivity contribution < 1.29 is 5.11 Å². The van der Waals surface area contributed by atoms with E-state index in [1.807, 2.05) is 30.5 Å². The van der Waals surface area contributed by atoms with Gasteiger partial charge < -0.3 is 5.11 Å². The lowest BCUT2D eigenvalue weighted by Crippen LogP contribution is -2.18. The highest BCUT2D eigenvalue weighted by Gasteiger charge is 2.28. The predicted octanol–water partition coefficient (Wildman–Crippen LogP) is 4.49. The summed E-state index contributed by atoms with van der Waals surface area (Å²) in [4.78, 5) is 4.49. The number of aromatic nitrogens is 1. The number of pyridine rings is 1. The van der Waals surface area contributed by atoms with Crippen LogP contribution in [-0.2, 0) is 6.42 Å². The first-order chi connectivity index (χ1) is 9.66. The fourth-order valence-corrected chi connectivity index (χ4v) is 3.41. The number of fused-ring (bicyclic) bond motifs is 1. The molecule has 1 aromatic carbocycles. The van der Waals surface area contributed by atoms with Gasteiger partial charge in [-0.15, -0.1) is 0 Å². The van der Waals surface area contributed by atoms with Gasteiger partial charge in [0.1, 0.15) is 0 Å². The molecular formula is C16H15ClINO. The monoisotopic (exact) mass is 399 g/mol. The molecule has 2 nitrogen and oxygen atoms in total. The molecule has 1 heterocycles. The molecular weight excluding hydrogens is 385 g/mol. The van der Waals surface area contributed by atoms with Crippen LogP contribution in [0.15, 0.2) is 36.5 Å². The van der Waals surface area contributed by atoms with E-state index in [-0.39, 0.29) is 5.92 Å². The lowest BCUT2D eigenvalue weighted by Gasteiger charge is -2.28. The Morgan fingerprint density at radius 3 is 3.00 bits per heavy atom. The molecule has 0 amide bonds. The molecule has 1 N–H and O–H groups in total. The highest BCUT2D eigenvalue weighted by Crippen LogP contribution is 2.39. The molecule has 1 aliphatic carbocycles. The van der Waals surface area contributed by atoms with Gasteiger partial charge in [0.15, 0.2) is 0 Å². The number of rotatable bonds is 2. The van der Waals surface area contributed by atoms with Crippen LogP contribution in [0, 0.1) is 3.57 Å². The minimum atomic E-state index is -0.543. The summed E-state index contributed by atoms with van der Waals surface area (Å²) in [5.74, 6) is 0.0658. The van der Waals surface area contributed by atoms with Crippen molar-refractivity contribution in [2.45, 2.75) is 31.3 Å². The van der Waals surface area contributed by atoms with Gasteiger partial charge in [0.25, 0.3) is 0 Å². The minimum Gasteiger partial charge on any atom is -0.388 e. The third-order valence-electron chi connectivity index (χ3n) is 3.90. The van der Waals surface area contributed by atoms with E-state index in [1.165, 1.54) is 5.56 Å². The molecule has 3 rings (SSSR count). The average molecular weight is 400 g/mol. The molecule has 1 aromatic heterocycles. The van der Waals surface area contributed by atoms with Crippen LogP contribution in [0.2, 0.25) is 5.02 Å². The zero-order chi connectivity index (χ0) is 14.1. The van der Waals surface area contributed by atoms with Crippen LogP contribution >= 0.6 is 34.2 Å². The fourth-order valence-electron chi connectivity index (χ4n) is 2.88. The maximum absolute atomic E-state index is 10.7.